The van der Waals surface area contributed by atoms with E-state index in [1.807, 2.05) is 0 Å². The van der Waals surface area contributed by atoms with Crippen LogP contribution in [0, 0.1) is 18.6 Å². The van der Waals surface area contributed by atoms with Crippen LogP contribution in [0.25, 0.3) is 0 Å². The summed E-state index contributed by atoms with van der Waals surface area (Å²) in [7, 11) is 0. The molecule has 0 saturated heterocycles. The molecule has 1 aromatic carbocycles. The second kappa shape index (κ2) is 5.01. The lowest BCUT2D eigenvalue weighted by Crippen LogP contribution is -2.04. The van der Waals surface area contributed by atoms with Gasteiger partial charge in [-0.2, -0.15) is 0 Å². The minimum Gasteiger partial charge on any atom is -0.478 e. The van der Waals surface area contributed by atoms with Crippen molar-refractivity contribution in [1.29, 1.82) is 0 Å². The summed E-state index contributed by atoms with van der Waals surface area (Å²) in [6, 6.07) is 6.01. The van der Waals surface area contributed by atoms with Crippen LogP contribution in [0.15, 0.2) is 30.3 Å². The standard InChI is InChI=1S/C13H10F2N2O2/c1-7-5-8(13(18)19)6-11(16-7)17-12-9(14)3-2-4-10(12)15/h2-6H,1H3,(H,16,17)(H,18,19). The van der Waals surface area contributed by atoms with E-state index in [-0.39, 0.29) is 17.1 Å². The first kappa shape index (κ1) is 12.9. The Bertz CT molecular complexity index is 624. The van der Waals surface area contributed by atoms with Gasteiger partial charge in [0, 0.05) is 5.69 Å². The van der Waals surface area contributed by atoms with Crippen LogP contribution in [0.4, 0.5) is 20.3 Å². The van der Waals surface area contributed by atoms with E-state index >= 15 is 0 Å². The van der Waals surface area contributed by atoms with Gasteiger partial charge in [-0.3, -0.25) is 0 Å². The minimum absolute atomic E-state index is 0.00764. The molecule has 1 heterocycles. The highest BCUT2D eigenvalue weighted by atomic mass is 19.1. The van der Waals surface area contributed by atoms with Crippen LogP contribution < -0.4 is 5.32 Å². The number of hydrogen-bond donors (Lipinski definition) is 2. The van der Waals surface area contributed by atoms with Gasteiger partial charge in [-0.25, -0.2) is 18.6 Å². The number of anilines is 2. The van der Waals surface area contributed by atoms with Crippen molar-refractivity contribution in [2.75, 3.05) is 5.32 Å². The maximum Gasteiger partial charge on any atom is 0.335 e. The molecule has 19 heavy (non-hydrogen) atoms. The number of carboxylic acids is 1. The summed E-state index contributed by atoms with van der Waals surface area (Å²) in [6.07, 6.45) is 0. The number of aromatic carboxylic acids is 1. The number of rotatable bonds is 3. The number of pyridine rings is 1. The molecule has 0 saturated carbocycles. The lowest BCUT2D eigenvalue weighted by atomic mass is 10.2. The molecule has 0 aliphatic heterocycles. The van der Waals surface area contributed by atoms with E-state index in [0.717, 1.165) is 12.1 Å². The van der Waals surface area contributed by atoms with Crippen LogP contribution in [0.1, 0.15) is 16.1 Å². The number of hydrogen-bond acceptors (Lipinski definition) is 3. The largest absolute Gasteiger partial charge is 0.478 e. The Labute approximate surface area is 107 Å². The highest BCUT2D eigenvalue weighted by molar-refractivity contribution is 5.88. The number of carboxylic acid groups (broad SMARTS) is 1. The van der Waals surface area contributed by atoms with E-state index in [1.165, 1.54) is 18.2 Å². The van der Waals surface area contributed by atoms with Crippen molar-refractivity contribution >= 4 is 17.5 Å². The van der Waals surface area contributed by atoms with Crippen molar-refractivity contribution in [1.82, 2.24) is 4.98 Å². The van der Waals surface area contributed by atoms with Crippen LogP contribution in [0.3, 0.4) is 0 Å². The molecular weight excluding hydrogens is 254 g/mol. The fraction of sp³-hybridized carbons (Fsp3) is 0.0769. The molecule has 2 N–H and O–H groups in total. The Kier molecular flexibility index (Phi) is 3.41. The van der Waals surface area contributed by atoms with Gasteiger partial charge in [0.05, 0.1) is 5.56 Å². The molecule has 2 aromatic rings. The first-order valence-electron chi connectivity index (χ1n) is 5.40. The number of nitrogens with zero attached hydrogens (tertiary/aromatic N) is 1. The summed E-state index contributed by atoms with van der Waals surface area (Å²) < 4.78 is 26.9. The molecule has 0 aliphatic carbocycles. The van der Waals surface area contributed by atoms with Crippen LogP contribution in [0.2, 0.25) is 0 Å². The van der Waals surface area contributed by atoms with E-state index in [4.69, 9.17) is 5.11 Å². The fourth-order valence-corrected chi connectivity index (χ4v) is 1.60. The lowest BCUT2D eigenvalue weighted by Gasteiger charge is -2.09. The van der Waals surface area contributed by atoms with Crippen molar-refractivity contribution in [2.45, 2.75) is 6.92 Å². The van der Waals surface area contributed by atoms with Crippen LogP contribution >= 0.6 is 0 Å². The molecule has 2 rings (SSSR count). The number of carbonyl (C=O) groups is 1. The van der Waals surface area contributed by atoms with E-state index in [2.05, 4.69) is 10.3 Å². The third kappa shape index (κ3) is 2.85. The molecule has 6 heteroatoms. The first-order valence-corrected chi connectivity index (χ1v) is 5.40. The van der Waals surface area contributed by atoms with Gasteiger partial charge in [-0.1, -0.05) is 6.07 Å². The monoisotopic (exact) mass is 264 g/mol. The summed E-state index contributed by atoms with van der Waals surface area (Å²) in [5, 5.41) is 11.4. The molecule has 0 aliphatic rings. The highest BCUT2D eigenvalue weighted by Gasteiger charge is 2.11. The normalized spacial score (nSPS) is 10.3. The van der Waals surface area contributed by atoms with E-state index in [1.54, 1.807) is 6.92 Å². The van der Waals surface area contributed by atoms with Gasteiger partial charge in [0.15, 0.2) is 0 Å². The maximum atomic E-state index is 13.4. The van der Waals surface area contributed by atoms with Gasteiger partial charge in [-0.05, 0) is 31.2 Å². The zero-order valence-corrected chi connectivity index (χ0v) is 9.95. The SMILES string of the molecule is Cc1cc(C(=O)O)cc(Nc2c(F)cccc2F)n1. The lowest BCUT2D eigenvalue weighted by molar-refractivity contribution is 0.0696. The summed E-state index contributed by atoms with van der Waals surface area (Å²) in [4.78, 5) is 14.9. The third-order valence-corrected chi connectivity index (χ3v) is 2.42. The van der Waals surface area contributed by atoms with Gasteiger partial charge < -0.3 is 10.4 Å². The van der Waals surface area contributed by atoms with Crippen molar-refractivity contribution in [3.63, 3.8) is 0 Å². The highest BCUT2D eigenvalue weighted by Crippen LogP contribution is 2.22. The molecule has 98 valence electrons. The van der Waals surface area contributed by atoms with Crippen LogP contribution in [-0.4, -0.2) is 16.1 Å². The Morgan fingerprint density at radius 3 is 2.47 bits per heavy atom. The quantitative estimate of drug-likeness (QED) is 0.894. The van der Waals surface area contributed by atoms with E-state index < -0.39 is 17.6 Å². The second-order valence-electron chi connectivity index (χ2n) is 3.91. The van der Waals surface area contributed by atoms with Crippen molar-refractivity contribution < 1.29 is 18.7 Å². The summed E-state index contributed by atoms with van der Waals surface area (Å²) in [5.74, 6) is -2.62. The number of halogens is 2. The van der Waals surface area contributed by atoms with Gasteiger partial charge in [0.25, 0.3) is 0 Å². The van der Waals surface area contributed by atoms with Crippen molar-refractivity contribution in [3.8, 4) is 0 Å². The molecule has 0 atom stereocenters. The molecule has 0 amide bonds. The Morgan fingerprint density at radius 1 is 1.26 bits per heavy atom. The van der Waals surface area contributed by atoms with Gasteiger partial charge in [0.1, 0.15) is 23.1 Å². The predicted octanol–water partition coefficient (Wildman–Crippen LogP) is 3.11. The average molecular weight is 264 g/mol. The zero-order chi connectivity index (χ0) is 14.0. The predicted molar refractivity (Wildman–Crippen MR) is 65.6 cm³/mol. The maximum absolute atomic E-state index is 13.4. The fourth-order valence-electron chi connectivity index (χ4n) is 1.60. The van der Waals surface area contributed by atoms with Crippen molar-refractivity contribution in [2.24, 2.45) is 0 Å². The molecular formula is C13H10F2N2O2. The smallest absolute Gasteiger partial charge is 0.335 e. The average Bonchev–Trinajstić information content (AvgIpc) is 2.33. The van der Waals surface area contributed by atoms with Gasteiger partial charge in [0.2, 0.25) is 0 Å². The zero-order valence-electron chi connectivity index (χ0n) is 9.95. The topological polar surface area (TPSA) is 62.2 Å². The Balaban J connectivity index is 2.41. The molecule has 1 aromatic heterocycles. The first-order chi connectivity index (χ1) is 8.97. The molecule has 0 fully saturated rings. The van der Waals surface area contributed by atoms with E-state index in [0.29, 0.717) is 5.69 Å². The van der Waals surface area contributed by atoms with Crippen LogP contribution in [-0.2, 0) is 0 Å². The van der Waals surface area contributed by atoms with E-state index in [9.17, 15) is 13.6 Å². The molecule has 4 nitrogen and oxygen atoms in total. The number of para-hydroxylation sites is 1. The van der Waals surface area contributed by atoms with Crippen molar-refractivity contribution in [3.05, 3.63) is 53.2 Å². The van der Waals surface area contributed by atoms with Gasteiger partial charge >= 0.3 is 5.97 Å². The third-order valence-electron chi connectivity index (χ3n) is 2.42. The number of nitrogens with one attached hydrogen (secondary N) is 1. The number of benzene rings is 1. The number of aryl methyl sites for hydroxylation is 1. The summed E-state index contributed by atoms with van der Waals surface area (Å²) in [6.45, 7) is 1.59. The Morgan fingerprint density at radius 2 is 1.89 bits per heavy atom. The Hall–Kier alpha value is -2.50. The molecule has 0 bridgehead atoms. The summed E-state index contributed by atoms with van der Waals surface area (Å²) in [5.41, 5.74) is 0.0582. The second-order valence-corrected chi connectivity index (χ2v) is 3.91. The molecule has 0 radical (unpaired) electrons. The number of aromatic nitrogens is 1. The van der Waals surface area contributed by atoms with Gasteiger partial charge in [-0.15, -0.1) is 0 Å². The minimum atomic E-state index is -1.14. The molecule has 0 unspecified atom stereocenters. The van der Waals surface area contributed by atoms with Crippen LogP contribution in [0.5, 0.6) is 0 Å². The molecule has 0 spiro atoms. The summed E-state index contributed by atoms with van der Waals surface area (Å²) >= 11 is 0.